The van der Waals surface area contributed by atoms with Crippen LogP contribution in [0.1, 0.15) is 17.5 Å². The van der Waals surface area contributed by atoms with Gasteiger partial charge in [0, 0.05) is 18.2 Å². The molecule has 3 heteroatoms. The summed E-state index contributed by atoms with van der Waals surface area (Å²) in [6, 6.07) is 5.92. The second-order valence-electron chi connectivity index (χ2n) is 3.28. The Morgan fingerprint density at radius 2 is 2.21 bits per heavy atom. The van der Waals surface area contributed by atoms with Crippen LogP contribution in [0.4, 0.5) is 0 Å². The molecular formula is C11H16ClNO. The fourth-order valence-corrected chi connectivity index (χ4v) is 1.46. The minimum Gasteiger partial charge on any atom is -0.396 e. The van der Waals surface area contributed by atoms with E-state index in [-0.39, 0.29) is 6.61 Å². The Hall–Kier alpha value is -0.570. The number of aliphatic hydroxyl groups is 1. The van der Waals surface area contributed by atoms with Crippen molar-refractivity contribution in [3.63, 3.8) is 0 Å². The summed E-state index contributed by atoms with van der Waals surface area (Å²) in [5.41, 5.74) is 2.35. The van der Waals surface area contributed by atoms with Crippen molar-refractivity contribution in [3.05, 3.63) is 34.3 Å². The summed E-state index contributed by atoms with van der Waals surface area (Å²) in [5.74, 6) is 0. The fourth-order valence-electron chi connectivity index (χ4n) is 1.27. The van der Waals surface area contributed by atoms with Crippen LogP contribution in [0, 0.1) is 6.92 Å². The van der Waals surface area contributed by atoms with E-state index in [1.165, 1.54) is 5.56 Å². The summed E-state index contributed by atoms with van der Waals surface area (Å²) < 4.78 is 0. The van der Waals surface area contributed by atoms with E-state index in [1.807, 2.05) is 19.1 Å². The number of benzene rings is 1. The SMILES string of the molecule is Cc1c(Cl)cccc1CNCCCO. The first-order valence-electron chi connectivity index (χ1n) is 4.81. The third-order valence-corrected chi connectivity index (χ3v) is 2.62. The molecule has 1 rings (SSSR count). The topological polar surface area (TPSA) is 32.3 Å². The summed E-state index contributed by atoms with van der Waals surface area (Å²) in [6.07, 6.45) is 0.791. The predicted molar refractivity (Wildman–Crippen MR) is 59.6 cm³/mol. The molecule has 0 spiro atoms. The zero-order valence-electron chi connectivity index (χ0n) is 8.39. The average Bonchev–Trinajstić information content (AvgIpc) is 2.19. The van der Waals surface area contributed by atoms with Crippen LogP contribution in [-0.4, -0.2) is 18.3 Å². The normalized spacial score (nSPS) is 10.5. The van der Waals surface area contributed by atoms with Crippen LogP contribution in [-0.2, 0) is 6.54 Å². The van der Waals surface area contributed by atoms with Gasteiger partial charge >= 0.3 is 0 Å². The maximum atomic E-state index is 8.60. The van der Waals surface area contributed by atoms with Gasteiger partial charge in [-0.05, 0) is 37.1 Å². The lowest BCUT2D eigenvalue weighted by molar-refractivity contribution is 0.286. The van der Waals surface area contributed by atoms with Gasteiger partial charge in [0.15, 0.2) is 0 Å². The molecular weight excluding hydrogens is 198 g/mol. The van der Waals surface area contributed by atoms with Crippen molar-refractivity contribution in [1.29, 1.82) is 0 Å². The molecule has 1 aromatic rings. The molecule has 0 radical (unpaired) electrons. The molecule has 0 atom stereocenters. The van der Waals surface area contributed by atoms with Crippen molar-refractivity contribution in [2.75, 3.05) is 13.2 Å². The zero-order valence-corrected chi connectivity index (χ0v) is 9.14. The van der Waals surface area contributed by atoms with Crippen molar-refractivity contribution < 1.29 is 5.11 Å². The Labute approximate surface area is 89.9 Å². The Morgan fingerprint density at radius 3 is 2.93 bits per heavy atom. The molecule has 0 heterocycles. The van der Waals surface area contributed by atoms with Crippen LogP contribution in [0.25, 0.3) is 0 Å². The second kappa shape index (κ2) is 6.02. The van der Waals surface area contributed by atoms with Gasteiger partial charge in [0.25, 0.3) is 0 Å². The van der Waals surface area contributed by atoms with Crippen LogP contribution in [0.3, 0.4) is 0 Å². The number of aliphatic hydroxyl groups excluding tert-OH is 1. The smallest absolute Gasteiger partial charge is 0.0443 e. The number of hydrogen-bond acceptors (Lipinski definition) is 2. The number of rotatable bonds is 5. The predicted octanol–water partition coefficient (Wildman–Crippen LogP) is 2.12. The first-order chi connectivity index (χ1) is 6.75. The van der Waals surface area contributed by atoms with E-state index in [0.717, 1.165) is 30.1 Å². The highest BCUT2D eigenvalue weighted by atomic mass is 35.5. The van der Waals surface area contributed by atoms with Crippen LogP contribution in [0.15, 0.2) is 18.2 Å². The van der Waals surface area contributed by atoms with Crippen molar-refractivity contribution in [2.24, 2.45) is 0 Å². The lowest BCUT2D eigenvalue weighted by Crippen LogP contribution is -2.16. The molecule has 0 aliphatic carbocycles. The molecule has 0 saturated heterocycles. The quantitative estimate of drug-likeness (QED) is 0.735. The molecule has 0 unspecified atom stereocenters. The van der Waals surface area contributed by atoms with Crippen molar-refractivity contribution in [1.82, 2.24) is 5.32 Å². The first kappa shape index (κ1) is 11.5. The largest absolute Gasteiger partial charge is 0.396 e. The van der Waals surface area contributed by atoms with Gasteiger partial charge in [0.2, 0.25) is 0 Å². The van der Waals surface area contributed by atoms with Crippen LogP contribution >= 0.6 is 11.6 Å². The Balaban J connectivity index is 2.46. The Morgan fingerprint density at radius 1 is 1.43 bits per heavy atom. The van der Waals surface area contributed by atoms with E-state index in [1.54, 1.807) is 0 Å². The lowest BCUT2D eigenvalue weighted by Gasteiger charge is -2.08. The lowest BCUT2D eigenvalue weighted by atomic mass is 10.1. The molecule has 0 aromatic heterocycles. The third-order valence-electron chi connectivity index (χ3n) is 2.21. The van der Waals surface area contributed by atoms with Crippen LogP contribution in [0.5, 0.6) is 0 Å². The summed E-state index contributed by atoms with van der Waals surface area (Å²) in [7, 11) is 0. The summed E-state index contributed by atoms with van der Waals surface area (Å²) >= 11 is 5.99. The molecule has 0 saturated carbocycles. The summed E-state index contributed by atoms with van der Waals surface area (Å²) in [6.45, 7) is 3.90. The van der Waals surface area contributed by atoms with E-state index in [2.05, 4.69) is 11.4 Å². The second-order valence-corrected chi connectivity index (χ2v) is 3.69. The highest BCUT2D eigenvalue weighted by Crippen LogP contribution is 2.18. The highest BCUT2D eigenvalue weighted by molar-refractivity contribution is 6.31. The van der Waals surface area contributed by atoms with E-state index in [0.29, 0.717) is 0 Å². The summed E-state index contributed by atoms with van der Waals surface area (Å²) in [5, 5.41) is 12.7. The van der Waals surface area contributed by atoms with Gasteiger partial charge in [-0.2, -0.15) is 0 Å². The maximum Gasteiger partial charge on any atom is 0.0443 e. The molecule has 0 bridgehead atoms. The van der Waals surface area contributed by atoms with E-state index in [9.17, 15) is 0 Å². The van der Waals surface area contributed by atoms with Gasteiger partial charge in [-0.3, -0.25) is 0 Å². The third kappa shape index (κ3) is 3.29. The molecule has 14 heavy (non-hydrogen) atoms. The van der Waals surface area contributed by atoms with Gasteiger partial charge in [-0.15, -0.1) is 0 Å². The van der Waals surface area contributed by atoms with Crippen molar-refractivity contribution >= 4 is 11.6 Å². The standard InChI is InChI=1S/C11H16ClNO/c1-9-10(4-2-5-11(9)12)8-13-6-3-7-14/h2,4-5,13-14H,3,6-8H2,1H3. The maximum absolute atomic E-state index is 8.60. The number of nitrogens with one attached hydrogen (secondary N) is 1. The van der Waals surface area contributed by atoms with E-state index >= 15 is 0 Å². The van der Waals surface area contributed by atoms with Crippen molar-refractivity contribution in [2.45, 2.75) is 19.9 Å². The number of halogens is 1. The molecule has 2 N–H and O–H groups in total. The fraction of sp³-hybridized carbons (Fsp3) is 0.455. The summed E-state index contributed by atoms with van der Waals surface area (Å²) in [4.78, 5) is 0. The molecule has 1 aromatic carbocycles. The van der Waals surface area contributed by atoms with E-state index < -0.39 is 0 Å². The minimum absolute atomic E-state index is 0.238. The molecule has 0 fully saturated rings. The molecule has 2 nitrogen and oxygen atoms in total. The zero-order chi connectivity index (χ0) is 10.4. The average molecular weight is 214 g/mol. The van der Waals surface area contributed by atoms with Gasteiger partial charge in [-0.25, -0.2) is 0 Å². The Kier molecular flexibility index (Phi) is 4.94. The monoisotopic (exact) mass is 213 g/mol. The van der Waals surface area contributed by atoms with Gasteiger partial charge in [0.1, 0.15) is 0 Å². The first-order valence-corrected chi connectivity index (χ1v) is 5.19. The van der Waals surface area contributed by atoms with Crippen LogP contribution in [0.2, 0.25) is 5.02 Å². The molecule has 0 amide bonds. The molecule has 0 aliphatic rings. The highest BCUT2D eigenvalue weighted by Gasteiger charge is 2.00. The molecule has 0 aliphatic heterocycles. The minimum atomic E-state index is 0.238. The van der Waals surface area contributed by atoms with Gasteiger partial charge < -0.3 is 10.4 Å². The van der Waals surface area contributed by atoms with Crippen LogP contribution < -0.4 is 5.32 Å². The van der Waals surface area contributed by atoms with Gasteiger partial charge in [0.05, 0.1) is 0 Å². The van der Waals surface area contributed by atoms with Crippen molar-refractivity contribution in [3.8, 4) is 0 Å². The molecule has 78 valence electrons. The van der Waals surface area contributed by atoms with Gasteiger partial charge in [-0.1, -0.05) is 23.7 Å². The van der Waals surface area contributed by atoms with E-state index in [4.69, 9.17) is 16.7 Å². The number of hydrogen-bond donors (Lipinski definition) is 2. The Bertz CT molecular complexity index is 289.